The lowest BCUT2D eigenvalue weighted by molar-refractivity contribution is -0.185. The van der Waals surface area contributed by atoms with Crippen molar-refractivity contribution < 1.29 is 34.1 Å². The fourth-order valence-electron chi connectivity index (χ4n) is 4.21. The van der Waals surface area contributed by atoms with E-state index in [-0.39, 0.29) is 12.8 Å². The van der Waals surface area contributed by atoms with Crippen LogP contribution in [0.15, 0.2) is 37.5 Å². The highest BCUT2D eigenvalue weighted by molar-refractivity contribution is 5.93. The molecule has 0 saturated heterocycles. The number of ether oxygens (including phenoxy) is 1. The summed E-state index contributed by atoms with van der Waals surface area (Å²) in [6.07, 6.45) is 4.62. The maximum absolute atomic E-state index is 12.3. The molecule has 25 heavy (non-hydrogen) atoms. The second kappa shape index (κ2) is 6.19. The summed E-state index contributed by atoms with van der Waals surface area (Å²) in [5, 5.41) is 19.1. The summed E-state index contributed by atoms with van der Waals surface area (Å²) in [7, 11) is 0. The monoisotopic (exact) mass is 348 g/mol. The van der Waals surface area contributed by atoms with Gasteiger partial charge in [0, 0.05) is 12.5 Å². The van der Waals surface area contributed by atoms with Crippen LogP contribution in [0.4, 0.5) is 0 Å². The summed E-state index contributed by atoms with van der Waals surface area (Å²) >= 11 is 0. The second-order valence-corrected chi connectivity index (χ2v) is 6.22. The number of amides is 1. The van der Waals surface area contributed by atoms with E-state index in [1.165, 1.54) is 18.2 Å². The summed E-state index contributed by atoms with van der Waals surface area (Å²) in [5.41, 5.74) is 3.88. The molecule has 1 saturated carbocycles. The van der Waals surface area contributed by atoms with Crippen LogP contribution in [0.1, 0.15) is 12.8 Å². The fourth-order valence-corrected chi connectivity index (χ4v) is 4.21. The average molecular weight is 348 g/mol. The van der Waals surface area contributed by atoms with Gasteiger partial charge in [-0.2, -0.15) is 0 Å². The molecule has 1 amide bonds. The lowest BCUT2D eigenvalue weighted by atomic mass is 9.61. The molecule has 5 atom stereocenters. The molecule has 0 aliphatic heterocycles. The molecule has 1 radical (unpaired) electrons. The number of fused-ring (bicyclic) bond motifs is 2. The summed E-state index contributed by atoms with van der Waals surface area (Å²) in [5.74, 6) is -8.50. The van der Waals surface area contributed by atoms with Crippen molar-refractivity contribution in [3.05, 3.63) is 37.5 Å². The number of carboxylic acid groups (broad SMARTS) is 2. The van der Waals surface area contributed by atoms with E-state index < -0.39 is 52.6 Å². The molecule has 2 aliphatic carbocycles. The largest absolute Gasteiger partial charge is 0.481 e. The number of aliphatic carboxylic acids is 2. The van der Waals surface area contributed by atoms with Crippen molar-refractivity contribution in [1.29, 1.82) is 0 Å². The highest BCUT2D eigenvalue weighted by atomic mass is 16.6. The number of carboxylic acids is 2. The van der Waals surface area contributed by atoms with Gasteiger partial charge in [-0.15, -0.1) is 6.58 Å². The van der Waals surface area contributed by atoms with Gasteiger partial charge in [0.2, 0.25) is 5.60 Å². The molecule has 0 aromatic heterocycles. The molecular formula is C17H18NO7. The predicted molar refractivity (Wildman–Crippen MR) is 83.9 cm³/mol. The summed E-state index contributed by atoms with van der Waals surface area (Å²) in [6.45, 7) is 6.74. The van der Waals surface area contributed by atoms with Gasteiger partial charge >= 0.3 is 17.9 Å². The van der Waals surface area contributed by atoms with E-state index in [0.29, 0.717) is 0 Å². The molecule has 5 unspecified atom stereocenters. The number of carbonyl (C=O) groups is 4. The number of nitrogens with one attached hydrogen (secondary N) is 1. The quantitative estimate of drug-likeness (QED) is 0.375. The molecule has 2 rings (SSSR count). The second-order valence-electron chi connectivity index (χ2n) is 6.22. The summed E-state index contributed by atoms with van der Waals surface area (Å²) < 4.78 is 5.23. The number of hydrogen-bond donors (Lipinski definition) is 2. The van der Waals surface area contributed by atoms with Gasteiger partial charge < -0.3 is 14.9 Å². The Labute approximate surface area is 143 Å². The zero-order chi connectivity index (χ0) is 19.0. The highest BCUT2D eigenvalue weighted by Crippen LogP contribution is 2.63. The van der Waals surface area contributed by atoms with Crippen molar-refractivity contribution in [2.75, 3.05) is 0 Å². The third-order valence-corrected chi connectivity index (χ3v) is 5.13. The normalized spacial score (nSPS) is 31.8. The van der Waals surface area contributed by atoms with Crippen molar-refractivity contribution in [3.63, 3.8) is 0 Å². The van der Waals surface area contributed by atoms with Crippen molar-refractivity contribution in [2.24, 2.45) is 23.2 Å². The van der Waals surface area contributed by atoms with Gasteiger partial charge in [0.25, 0.3) is 5.91 Å². The lowest BCUT2D eigenvalue weighted by Crippen LogP contribution is -2.60. The Bertz CT molecular complexity index is 697. The first kappa shape index (κ1) is 18.4. The maximum atomic E-state index is 12.3. The first-order chi connectivity index (χ1) is 11.7. The van der Waals surface area contributed by atoms with Gasteiger partial charge in [-0.05, 0) is 12.3 Å². The molecule has 2 bridgehead atoms. The van der Waals surface area contributed by atoms with E-state index in [2.05, 4.69) is 13.2 Å². The Morgan fingerprint density at radius 1 is 1.28 bits per heavy atom. The fraction of sp³-hybridized carbons (Fsp3) is 0.412. The standard InChI is InChI=1S/C17H18NO7/c1-3-6-17(15(18)24,25-10(19)4-2)16-7-5-9(8-16)11(13(20)21)12(16)14(22)23/h3-5,7,9,11-12,18H,1-2,6,8H2,(H,20,21)(H,22,23). The summed E-state index contributed by atoms with van der Waals surface area (Å²) in [4.78, 5) is 47.6. The minimum atomic E-state index is -2.18. The predicted octanol–water partition coefficient (Wildman–Crippen LogP) is 0.818. The van der Waals surface area contributed by atoms with Crippen LogP contribution in [-0.2, 0) is 23.9 Å². The van der Waals surface area contributed by atoms with Crippen LogP contribution in [-0.4, -0.2) is 39.6 Å². The van der Waals surface area contributed by atoms with E-state index in [4.69, 9.17) is 10.5 Å². The van der Waals surface area contributed by atoms with Crippen molar-refractivity contribution in [1.82, 2.24) is 5.73 Å². The maximum Gasteiger partial charge on any atom is 0.331 e. The van der Waals surface area contributed by atoms with Crippen LogP contribution in [0.5, 0.6) is 0 Å². The number of rotatable bonds is 8. The number of esters is 1. The number of hydrogen-bond acceptors (Lipinski definition) is 5. The number of carbonyl (C=O) groups excluding carboxylic acids is 2. The Kier molecular flexibility index (Phi) is 4.57. The summed E-state index contributed by atoms with van der Waals surface area (Å²) in [6, 6.07) is 0. The van der Waals surface area contributed by atoms with Crippen molar-refractivity contribution in [3.8, 4) is 0 Å². The minimum absolute atomic E-state index is 0.0240. The molecular weight excluding hydrogens is 330 g/mol. The molecule has 0 heterocycles. The molecule has 1 fully saturated rings. The Balaban J connectivity index is 2.71. The third-order valence-electron chi connectivity index (χ3n) is 5.13. The van der Waals surface area contributed by atoms with Gasteiger partial charge in [0.15, 0.2) is 0 Å². The topological polar surface area (TPSA) is 142 Å². The van der Waals surface area contributed by atoms with Gasteiger partial charge in [-0.1, -0.05) is 24.8 Å². The molecule has 0 spiro atoms. The molecule has 2 aliphatic rings. The highest BCUT2D eigenvalue weighted by Gasteiger charge is 2.72. The van der Waals surface area contributed by atoms with Gasteiger partial charge in [0.05, 0.1) is 17.3 Å². The Morgan fingerprint density at radius 3 is 2.36 bits per heavy atom. The van der Waals surface area contributed by atoms with Gasteiger partial charge in [-0.3, -0.25) is 20.1 Å². The van der Waals surface area contributed by atoms with Crippen molar-refractivity contribution in [2.45, 2.75) is 18.4 Å². The SMILES string of the molecule is C=CCC(OC(=O)C=C)(C([NH])=O)C12C=CC(C1)C(C(=O)O)C2C(=O)O. The lowest BCUT2D eigenvalue weighted by Gasteiger charge is -2.45. The Morgan fingerprint density at radius 2 is 1.92 bits per heavy atom. The zero-order valence-electron chi connectivity index (χ0n) is 13.3. The first-order valence-electron chi connectivity index (χ1n) is 7.54. The van der Waals surface area contributed by atoms with Crippen molar-refractivity contribution >= 4 is 23.8 Å². The minimum Gasteiger partial charge on any atom is -0.481 e. The zero-order valence-corrected chi connectivity index (χ0v) is 13.3. The molecule has 0 aromatic carbocycles. The van der Waals surface area contributed by atoms with Crippen LogP contribution in [0.2, 0.25) is 0 Å². The molecule has 133 valence electrons. The third kappa shape index (κ3) is 2.45. The molecule has 3 N–H and O–H groups in total. The van der Waals surface area contributed by atoms with E-state index >= 15 is 0 Å². The van der Waals surface area contributed by atoms with E-state index in [9.17, 15) is 29.4 Å². The van der Waals surface area contributed by atoms with Gasteiger partial charge in [0.1, 0.15) is 0 Å². The van der Waals surface area contributed by atoms with Crippen LogP contribution in [0.3, 0.4) is 0 Å². The van der Waals surface area contributed by atoms with Crippen LogP contribution < -0.4 is 5.73 Å². The Hall–Kier alpha value is -2.90. The first-order valence-corrected chi connectivity index (χ1v) is 7.54. The molecule has 8 nitrogen and oxygen atoms in total. The van der Waals surface area contributed by atoms with Crippen LogP contribution in [0.25, 0.3) is 0 Å². The average Bonchev–Trinajstić information content (AvgIpc) is 3.11. The molecule has 0 aromatic rings. The van der Waals surface area contributed by atoms with E-state index in [1.54, 1.807) is 0 Å². The molecule has 8 heteroatoms. The van der Waals surface area contributed by atoms with Crippen LogP contribution >= 0.6 is 0 Å². The van der Waals surface area contributed by atoms with Gasteiger partial charge in [-0.25, -0.2) is 4.79 Å². The smallest absolute Gasteiger partial charge is 0.331 e. The number of allylic oxidation sites excluding steroid dienone is 1. The van der Waals surface area contributed by atoms with E-state index in [1.807, 2.05) is 0 Å². The van der Waals surface area contributed by atoms with Crippen LogP contribution in [0, 0.1) is 23.2 Å². The van der Waals surface area contributed by atoms with E-state index in [0.717, 1.165) is 6.08 Å².